The fourth-order valence-electron chi connectivity index (χ4n) is 4.39. The third-order valence-electron chi connectivity index (χ3n) is 6.02. The SMILES string of the molecule is C=CCOc1ccc(C(=O)N2CCc3cc(OC)c(OC)cc3C2c2ccccc2)cc1OC. The number of carbonyl (C=O) groups is 1. The molecule has 34 heavy (non-hydrogen) atoms. The molecular weight excluding hydrogens is 430 g/mol. The Labute approximate surface area is 200 Å². The van der Waals surface area contributed by atoms with E-state index in [1.54, 1.807) is 45.6 Å². The van der Waals surface area contributed by atoms with Crippen LogP contribution in [0.3, 0.4) is 0 Å². The third kappa shape index (κ3) is 4.44. The van der Waals surface area contributed by atoms with E-state index in [2.05, 4.69) is 6.58 Å². The van der Waals surface area contributed by atoms with Gasteiger partial charge in [0.05, 0.1) is 27.4 Å². The Morgan fingerprint density at radius 1 is 0.941 bits per heavy atom. The summed E-state index contributed by atoms with van der Waals surface area (Å²) in [5.74, 6) is 2.32. The van der Waals surface area contributed by atoms with Crippen LogP contribution in [0, 0.1) is 0 Å². The van der Waals surface area contributed by atoms with Crippen molar-refractivity contribution in [2.45, 2.75) is 12.5 Å². The number of carbonyl (C=O) groups excluding carboxylic acids is 1. The third-order valence-corrected chi connectivity index (χ3v) is 6.02. The van der Waals surface area contributed by atoms with Crippen LogP contribution in [0.5, 0.6) is 23.0 Å². The van der Waals surface area contributed by atoms with Gasteiger partial charge in [0.1, 0.15) is 6.61 Å². The van der Waals surface area contributed by atoms with Gasteiger partial charge < -0.3 is 23.8 Å². The molecule has 0 saturated heterocycles. The van der Waals surface area contributed by atoms with Crippen molar-refractivity contribution < 1.29 is 23.7 Å². The molecule has 176 valence electrons. The fourth-order valence-corrected chi connectivity index (χ4v) is 4.39. The molecule has 1 aliphatic heterocycles. The van der Waals surface area contributed by atoms with Crippen molar-refractivity contribution in [3.8, 4) is 23.0 Å². The Kier molecular flexibility index (Phi) is 7.07. The molecule has 0 spiro atoms. The van der Waals surface area contributed by atoms with E-state index in [0.717, 1.165) is 16.7 Å². The normalized spacial score (nSPS) is 14.7. The molecule has 0 aliphatic carbocycles. The molecule has 6 heteroatoms. The van der Waals surface area contributed by atoms with Crippen LogP contribution < -0.4 is 18.9 Å². The number of nitrogens with zero attached hydrogens (tertiary/aromatic N) is 1. The van der Waals surface area contributed by atoms with Gasteiger partial charge in [0.25, 0.3) is 5.91 Å². The van der Waals surface area contributed by atoms with Crippen molar-refractivity contribution in [2.24, 2.45) is 0 Å². The lowest BCUT2D eigenvalue weighted by Crippen LogP contribution is -2.40. The summed E-state index contributed by atoms with van der Waals surface area (Å²) in [6, 6.07) is 19.0. The molecule has 0 fully saturated rings. The van der Waals surface area contributed by atoms with Crippen LogP contribution in [0.4, 0.5) is 0 Å². The van der Waals surface area contributed by atoms with Crippen LogP contribution in [-0.2, 0) is 6.42 Å². The summed E-state index contributed by atoms with van der Waals surface area (Å²) >= 11 is 0. The highest BCUT2D eigenvalue weighted by molar-refractivity contribution is 5.95. The number of methoxy groups -OCH3 is 3. The molecule has 0 bridgehead atoms. The van der Waals surface area contributed by atoms with Crippen LogP contribution in [0.1, 0.15) is 33.1 Å². The first-order valence-electron chi connectivity index (χ1n) is 11.1. The number of ether oxygens (including phenoxy) is 4. The molecule has 1 aliphatic rings. The van der Waals surface area contributed by atoms with Gasteiger partial charge in [-0.25, -0.2) is 0 Å². The van der Waals surface area contributed by atoms with Crippen LogP contribution >= 0.6 is 0 Å². The van der Waals surface area contributed by atoms with E-state index in [4.69, 9.17) is 18.9 Å². The van der Waals surface area contributed by atoms with Gasteiger partial charge in [-0.3, -0.25) is 4.79 Å². The van der Waals surface area contributed by atoms with Crippen molar-refractivity contribution in [3.63, 3.8) is 0 Å². The molecule has 1 unspecified atom stereocenters. The number of hydrogen-bond donors (Lipinski definition) is 0. The highest BCUT2D eigenvalue weighted by Crippen LogP contribution is 2.42. The topological polar surface area (TPSA) is 57.2 Å². The Balaban J connectivity index is 1.77. The summed E-state index contributed by atoms with van der Waals surface area (Å²) in [7, 11) is 4.82. The molecule has 1 atom stereocenters. The molecule has 1 amide bonds. The second kappa shape index (κ2) is 10.3. The van der Waals surface area contributed by atoms with Gasteiger partial charge in [-0.05, 0) is 53.4 Å². The smallest absolute Gasteiger partial charge is 0.254 e. The van der Waals surface area contributed by atoms with Gasteiger partial charge in [-0.15, -0.1) is 0 Å². The molecule has 3 aromatic rings. The average molecular weight is 460 g/mol. The summed E-state index contributed by atoms with van der Waals surface area (Å²) < 4.78 is 22.2. The lowest BCUT2D eigenvalue weighted by atomic mass is 9.87. The van der Waals surface area contributed by atoms with Crippen LogP contribution in [0.15, 0.2) is 73.3 Å². The minimum Gasteiger partial charge on any atom is -0.493 e. The van der Waals surface area contributed by atoms with Gasteiger partial charge in [0.2, 0.25) is 0 Å². The van der Waals surface area contributed by atoms with Crippen LogP contribution in [0.2, 0.25) is 0 Å². The lowest BCUT2D eigenvalue weighted by Gasteiger charge is -2.38. The average Bonchev–Trinajstić information content (AvgIpc) is 2.90. The molecule has 0 saturated carbocycles. The Hall–Kier alpha value is -3.93. The van der Waals surface area contributed by atoms with Crippen molar-refractivity contribution in [3.05, 3.63) is 95.6 Å². The van der Waals surface area contributed by atoms with E-state index < -0.39 is 0 Å². The largest absolute Gasteiger partial charge is 0.493 e. The second-order valence-electron chi connectivity index (χ2n) is 7.93. The first-order valence-corrected chi connectivity index (χ1v) is 11.1. The quantitative estimate of drug-likeness (QED) is 0.441. The predicted molar refractivity (Wildman–Crippen MR) is 131 cm³/mol. The number of benzene rings is 3. The standard InChI is InChI=1S/C28H29NO5/c1-5-15-34-23-12-11-21(17-24(23)31-2)28(30)29-14-13-20-16-25(32-3)26(33-4)18-22(20)27(29)19-9-7-6-8-10-19/h5-12,16-18,27H,1,13-15H2,2-4H3. The number of amides is 1. The molecule has 0 N–H and O–H groups in total. The maximum Gasteiger partial charge on any atom is 0.254 e. The second-order valence-corrected chi connectivity index (χ2v) is 7.93. The van der Waals surface area contributed by atoms with Crippen molar-refractivity contribution >= 4 is 5.91 Å². The zero-order valence-corrected chi connectivity index (χ0v) is 19.7. The molecular formula is C28H29NO5. The van der Waals surface area contributed by atoms with Crippen molar-refractivity contribution in [1.82, 2.24) is 4.90 Å². The summed E-state index contributed by atoms with van der Waals surface area (Å²) in [5.41, 5.74) is 3.73. The highest BCUT2D eigenvalue weighted by atomic mass is 16.5. The number of fused-ring (bicyclic) bond motifs is 1. The van der Waals surface area contributed by atoms with E-state index in [0.29, 0.717) is 48.1 Å². The van der Waals surface area contributed by atoms with Crippen molar-refractivity contribution in [2.75, 3.05) is 34.5 Å². The predicted octanol–water partition coefficient (Wildman–Crippen LogP) is 5.07. The van der Waals surface area contributed by atoms with E-state index in [-0.39, 0.29) is 11.9 Å². The van der Waals surface area contributed by atoms with E-state index >= 15 is 0 Å². The summed E-state index contributed by atoms with van der Waals surface area (Å²) in [6.07, 6.45) is 2.37. The summed E-state index contributed by atoms with van der Waals surface area (Å²) in [4.78, 5) is 15.7. The van der Waals surface area contributed by atoms with Gasteiger partial charge in [0, 0.05) is 12.1 Å². The van der Waals surface area contributed by atoms with E-state index in [9.17, 15) is 4.79 Å². The maximum absolute atomic E-state index is 13.8. The summed E-state index contributed by atoms with van der Waals surface area (Å²) in [5, 5.41) is 0. The van der Waals surface area contributed by atoms with Crippen molar-refractivity contribution in [1.29, 1.82) is 0 Å². The van der Waals surface area contributed by atoms with E-state index in [1.807, 2.05) is 47.4 Å². The molecule has 0 radical (unpaired) electrons. The number of rotatable bonds is 8. The highest BCUT2D eigenvalue weighted by Gasteiger charge is 2.34. The zero-order valence-electron chi connectivity index (χ0n) is 19.7. The number of hydrogen-bond acceptors (Lipinski definition) is 5. The first-order chi connectivity index (χ1) is 16.6. The maximum atomic E-state index is 13.8. The Morgan fingerprint density at radius 2 is 1.62 bits per heavy atom. The Bertz CT molecular complexity index is 1170. The van der Waals surface area contributed by atoms with Gasteiger partial charge in [0.15, 0.2) is 23.0 Å². The monoisotopic (exact) mass is 459 g/mol. The van der Waals surface area contributed by atoms with Gasteiger partial charge in [-0.1, -0.05) is 43.0 Å². The van der Waals surface area contributed by atoms with Gasteiger partial charge >= 0.3 is 0 Å². The first kappa shape index (κ1) is 23.2. The summed E-state index contributed by atoms with van der Waals surface area (Å²) in [6.45, 7) is 4.60. The zero-order chi connectivity index (χ0) is 24.1. The minimum atomic E-state index is -0.264. The Morgan fingerprint density at radius 3 is 2.29 bits per heavy atom. The van der Waals surface area contributed by atoms with Crippen LogP contribution in [0.25, 0.3) is 0 Å². The fraction of sp³-hybridized carbons (Fsp3) is 0.250. The molecule has 0 aromatic heterocycles. The lowest BCUT2D eigenvalue weighted by molar-refractivity contribution is 0.0693. The molecule has 4 rings (SSSR count). The van der Waals surface area contributed by atoms with Gasteiger partial charge in [-0.2, -0.15) is 0 Å². The molecule has 6 nitrogen and oxygen atoms in total. The minimum absolute atomic E-state index is 0.0807. The van der Waals surface area contributed by atoms with E-state index in [1.165, 1.54) is 0 Å². The molecule has 3 aromatic carbocycles. The molecule has 1 heterocycles. The van der Waals surface area contributed by atoms with Crippen LogP contribution in [-0.4, -0.2) is 45.3 Å².